The summed E-state index contributed by atoms with van der Waals surface area (Å²) in [7, 11) is 0. The van der Waals surface area contributed by atoms with Gasteiger partial charge in [0.2, 0.25) is 0 Å². The van der Waals surface area contributed by atoms with E-state index in [2.05, 4.69) is 20.4 Å². The molecule has 170 valence electrons. The fourth-order valence-corrected chi connectivity index (χ4v) is 3.87. The molecule has 0 atom stereocenters. The maximum absolute atomic E-state index is 12.9. The van der Waals surface area contributed by atoms with Gasteiger partial charge >= 0.3 is 0 Å². The van der Waals surface area contributed by atoms with E-state index >= 15 is 0 Å². The lowest BCUT2D eigenvalue weighted by molar-refractivity contribution is -0.384. The average Bonchev–Trinajstić information content (AvgIpc) is 3.46. The number of non-ortho nitro benzene ring substituents is 1. The fourth-order valence-electron chi connectivity index (χ4n) is 3.87. The minimum Gasteiger partial charge on any atom is -0.360 e. The van der Waals surface area contributed by atoms with Gasteiger partial charge in [-0.3, -0.25) is 24.3 Å². The topological polar surface area (TPSA) is 141 Å². The number of hydrogen-bond acceptors (Lipinski definition) is 6. The van der Waals surface area contributed by atoms with Gasteiger partial charge in [-0.25, -0.2) is 9.67 Å². The Kier molecular flexibility index (Phi) is 5.34. The van der Waals surface area contributed by atoms with Crippen molar-refractivity contribution in [2.75, 3.05) is 6.54 Å². The molecule has 1 amide bonds. The highest BCUT2D eigenvalue weighted by Gasteiger charge is 2.14. The number of hydrogen-bond donors (Lipinski definition) is 2. The number of fused-ring (bicyclic) bond motifs is 2. The van der Waals surface area contributed by atoms with Crippen molar-refractivity contribution in [3.8, 4) is 0 Å². The van der Waals surface area contributed by atoms with E-state index in [0.717, 1.165) is 10.9 Å². The predicted octanol–water partition coefficient (Wildman–Crippen LogP) is 2.46. The number of H-pyrrole nitrogens is 1. The van der Waals surface area contributed by atoms with Crippen LogP contribution in [0, 0.1) is 10.1 Å². The van der Waals surface area contributed by atoms with Gasteiger partial charge in [0.25, 0.3) is 17.2 Å². The van der Waals surface area contributed by atoms with Crippen LogP contribution in [0.5, 0.6) is 0 Å². The summed E-state index contributed by atoms with van der Waals surface area (Å²) in [5.41, 5.74) is 2.12. The lowest BCUT2D eigenvalue weighted by Crippen LogP contribution is -2.27. The van der Waals surface area contributed by atoms with Crippen molar-refractivity contribution in [2.45, 2.75) is 13.1 Å². The molecule has 3 aromatic heterocycles. The first kappa shape index (κ1) is 21.1. The minimum atomic E-state index is -0.477. The number of carbonyl (C=O) groups is 1. The number of nitrogens with zero attached hydrogens (tertiary/aromatic N) is 5. The summed E-state index contributed by atoms with van der Waals surface area (Å²) in [6, 6.07) is 13.7. The van der Waals surface area contributed by atoms with Gasteiger partial charge in [-0.1, -0.05) is 30.3 Å². The molecule has 0 aliphatic carbocycles. The van der Waals surface area contributed by atoms with Crippen molar-refractivity contribution in [1.29, 1.82) is 0 Å². The Bertz CT molecular complexity index is 1600. The zero-order valence-electron chi connectivity index (χ0n) is 17.8. The molecule has 3 heterocycles. The zero-order valence-corrected chi connectivity index (χ0v) is 17.8. The lowest BCUT2D eigenvalue weighted by Gasteiger charge is -2.07. The monoisotopic (exact) mass is 457 g/mol. The average molecular weight is 457 g/mol. The predicted molar refractivity (Wildman–Crippen MR) is 125 cm³/mol. The summed E-state index contributed by atoms with van der Waals surface area (Å²) in [4.78, 5) is 43.4. The number of rotatable bonds is 7. The third-order valence-corrected chi connectivity index (χ3v) is 5.54. The third kappa shape index (κ3) is 3.90. The number of nitro benzene ring substituents is 1. The van der Waals surface area contributed by atoms with Gasteiger partial charge in [-0.2, -0.15) is 5.10 Å². The first-order chi connectivity index (χ1) is 16.5. The number of para-hydroxylation sites is 1. The Hall–Kier alpha value is -4.80. The van der Waals surface area contributed by atoms with Gasteiger partial charge in [0.05, 0.1) is 29.8 Å². The molecule has 5 rings (SSSR count). The van der Waals surface area contributed by atoms with Crippen LogP contribution in [-0.4, -0.2) is 41.7 Å². The Morgan fingerprint density at radius 3 is 2.85 bits per heavy atom. The summed E-state index contributed by atoms with van der Waals surface area (Å²) < 4.78 is 2.94. The number of amides is 1. The van der Waals surface area contributed by atoms with Crippen LogP contribution >= 0.6 is 0 Å². The van der Waals surface area contributed by atoms with E-state index in [1.165, 1.54) is 29.2 Å². The Morgan fingerprint density at radius 1 is 1.15 bits per heavy atom. The van der Waals surface area contributed by atoms with E-state index in [1.54, 1.807) is 23.0 Å². The number of aromatic nitrogens is 5. The molecule has 2 aromatic carbocycles. The molecule has 0 aliphatic heterocycles. The van der Waals surface area contributed by atoms with Crippen molar-refractivity contribution < 1.29 is 9.72 Å². The van der Waals surface area contributed by atoms with E-state index in [9.17, 15) is 19.7 Å². The number of aromatic amines is 1. The molecule has 0 saturated carbocycles. The van der Waals surface area contributed by atoms with Crippen LogP contribution in [0.15, 0.2) is 72.0 Å². The minimum absolute atomic E-state index is 0.0397. The van der Waals surface area contributed by atoms with Crippen LogP contribution in [0.1, 0.15) is 15.9 Å². The summed E-state index contributed by atoms with van der Waals surface area (Å²) in [6.07, 6.45) is 4.51. The molecule has 0 aliphatic rings. The molecular formula is C23H19N7O4. The van der Waals surface area contributed by atoms with E-state index in [0.29, 0.717) is 35.2 Å². The van der Waals surface area contributed by atoms with Gasteiger partial charge in [-0.05, 0) is 11.6 Å². The molecule has 5 aromatic rings. The fraction of sp³-hybridized carbons (Fsp3) is 0.130. The van der Waals surface area contributed by atoms with Gasteiger partial charge in [-0.15, -0.1) is 0 Å². The molecule has 34 heavy (non-hydrogen) atoms. The summed E-state index contributed by atoms with van der Waals surface area (Å²) in [5, 5.41) is 19.3. The lowest BCUT2D eigenvalue weighted by atomic mass is 10.1. The third-order valence-electron chi connectivity index (χ3n) is 5.54. The molecule has 11 heteroatoms. The highest BCUT2D eigenvalue weighted by Crippen LogP contribution is 2.17. The van der Waals surface area contributed by atoms with Crippen molar-refractivity contribution in [2.24, 2.45) is 0 Å². The Morgan fingerprint density at radius 2 is 2.00 bits per heavy atom. The first-order valence-electron chi connectivity index (χ1n) is 10.5. The molecule has 0 radical (unpaired) electrons. The summed E-state index contributed by atoms with van der Waals surface area (Å²) >= 11 is 0. The van der Waals surface area contributed by atoms with Gasteiger partial charge in [0.1, 0.15) is 11.7 Å². The van der Waals surface area contributed by atoms with Crippen molar-refractivity contribution in [1.82, 2.24) is 29.6 Å². The normalized spacial score (nSPS) is 11.2. The molecule has 0 saturated heterocycles. The van der Waals surface area contributed by atoms with Crippen LogP contribution in [0.4, 0.5) is 5.69 Å². The number of nitro groups is 1. The second-order valence-electron chi connectivity index (χ2n) is 7.71. The molecule has 2 N–H and O–H groups in total. The van der Waals surface area contributed by atoms with E-state index < -0.39 is 4.92 Å². The quantitative estimate of drug-likeness (QED) is 0.284. The van der Waals surface area contributed by atoms with Crippen LogP contribution in [0.3, 0.4) is 0 Å². The van der Waals surface area contributed by atoms with Gasteiger partial charge in [0, 0.05) is 35.8 Å². The molecule has 0 bridgehead atoms. The maximum Gasteiger partial charge on any atom is 0.269 e. The standard InChI is InChI=1S/C23H19N7O4/c31-22(18-11-25-20-7-2-1-6-17(18)20)24-8-9-29-21-19(12-27-29)23(32)28(14-26-21)13-15-4-3-5-16(10-15)30(33)34/h1-7,10-12,14,25H,8-9,13H2,(H,24,31). The molecular weight excluding hydrogens is 438 g/mol. The number of benzene rings is 2. The summed E-state index contributed by atoms with van der Waals surface area (Å²) in [5.74, 6) is -0.207. The first-order valence-corrected chi connectivity index (χ1v) is 10.5. The van der Waals surface area contributed by atoms with Crippen LogP contribution in [0.2, 0.25) is 0 Å². The van der Waals surface area contributed by atoms with Crippen molar-refractivity contribution in [3.63, 3.8) is 0 Å². The Balaban J connectivity index is 1.29. The highest BCUT2D eigenvalue weighted by atomic mass is 16.6. The van der Waals surface area contributed by atoms with Crippen molar-refractivity contribution in [3.05, 3.63) is 98.8 Å². The Labute approximate surface area is 191 Å². The van der Waals surface area contributed by atoms with E-state index in [4.69, 9.17) is 0 Å². The van der Waals surface area contributed by atoms with Crippen LogP contribution in [0.25, 0.3) is 21.9 Å². The SMILES string of the molecule is O=C(NCCn1ncc2c(=O)n(Cc3cccc([N+](=O)[O-])c3)cnc21)c1c[nH]c2ccccc12. The molecule has 0 spiro atoms. The number of nitrogens with one attached hydrogen (secondary N) is 2. The van der Waals surface area contributed by atoms with Crippen LogP contribution < -0.4 is 10.9 Å². The largest absolute Gasteiger partial charge is 0.360 e. The molecule has 11 nitrogen and oxygen atoms in total. The van der Waals surface area contributed by atoms with Crippen LogP contribution in [-0.2, 0) is 13.1 Å². The number of carbonyl (C=O) groups excluding carboxylic acids is 1. The molecule has 0 unspecified atom stereocenters. The van der Waals surface area contributed by atoms with Gasteiger partial charge in [0.15, 0.2) is 5.65 Å². The second-order valence-corrected chi connectivity index (χ2v) is 7.71. The highest BCUT2D eigenvalue weighted by molar-refractivity contribution is 6.06. The second kappa shape index (κ2) is 8.62. The van der Waals surface area contributed by atoms with Crippen molar-refractivity contribution >= 4 is 33.5 Å². The smallest absolute Gasteiger partial charge is 0.269 e. The van der Waals surface area contributed by atoms with E-state index in [-0.39, 0.29) is 23.7 Å². The van der Waals surface area contributed by atoms with E-state index in [1.807, 2.05) is 24.3 Å². The summed E-state index contributed by atoms with van der Waals surface area (Å²) in [6.45, 7) is 0.780. The van der Waals surface area contributed by atoms with Gasteiger partial charge < -0.3 is 10.3 Å². The zero-order chi connectivity index (χ0) is 23.7. The maximum atomic E-state index is 12.9. The molecule has 0 fully saturated rings.